The largest absolute Gasteiger partial charge is 0.493 e. The van der Waals surface area contributed by atoms with Crippen LogP contribution in [0.4, 0.5) is 26.0 Å². The van der Waals surface area contributed by atoms with Crippen molar-refractivity contribution in [3.05, 3.63) is 60.7 Å². The number of aliphatic hydroxyl groups is 1. The number of carbonyl (C=O) groups is 1. The zero-order valence-corrected chi connectivity index (χ0v) is 24.1. The fourth-order valence-corrected chi connectivity index (χ4v) is 5.10. The van der Waals surface area contributed by atoms with Crippen LogP contribution in [0.1, 0.15) is 33.1 Å². The summed E-state index contributed by atoms with van der Waals surface area (Å²) in [6.45, 7) is 6.19. The van der Waals surface area contributed by atoms with E-state index in [0.29, 0.717) is 40.5 Å². The highest BCUT2D eigenvalue weighted by molar-refractivity contribution is 5.96. The van der Waals surface area contributed by atoms with Gasteiger partial charge in [0.2, 0.25) is 5.91 Å². The maximum Gasteiger partial charge on any atom is 0.246 e. The molecule has 1 aliphatic heterocycles. The number of nitrogens with zero attached hydrogens (tertiary/aromatic N) is 5. The molecule has 43 heavy (non-hydrogen) atoms. The number of carbonyl (C=O) groups excluding carboxylic acids is 1. The fourth-order valence-electron chi connectivity index (χ4n) is 5.10. The lowest BCUT2D eigenvalue weighted by atomic mass is 10.2. The minimum absolute atomic E-state index is 0.124. The SMILES string of the molecule is CC(C)Oc1cc(OCCCN2CCC[C@H]2CO)cc2ncnc(Nc3cnn(CC(=O)Nc4cccc(F)c4F)c3)c12. The molecule has 3 N–H and O–H groups in total. The van der Waals surface area contributed by atoms with E-state index in [1.165, 1.54) is 29.3 Å². The van der Waals surface area contributed by atoms with Gasteiger partial charge in [0.1, 0.15) is 30.2 Å². The number of amides is 1. The number of aromatic nitrogens is 4. The van der Waals surface area contributed by atoms with Crippen molar-refractivity contribution in [2.24, 2.45) is 0 Å². The molecule has 0 unspecified atom stereocenters. The van der Waals surface area contributed by atoms with Crippen LogP contribution in [-0.4, -0.2) is 74.1 Å². The highest BCUT2D eigenvalue weighted by Gasteiger charge is 2.23. The van der Waals surface area contributed by atoms with Crippen molar-refractivity contribution in [1.82, 2.24) is 24.6 Å². The minimum Gasteiger partial charge on any atom is -0.493 e. The number of hydrogen-bond donors (Lipinski definition) is 3. The Hall–Kier alpha value is -4.36. The lowest BCUT2D eigenvalue weighted by molar-refractivity contribution is -0.116. The highest BCUT2D eigenvalue weighted by atomic mass is 19.2. The first-order valence-corrected chi connectivity index (χ1v) is 14.3. The molecule has 13 heteroatoms. The van der Waals surface area contributed by atoms with Gasteiger partial charge in [-0.1, -0.05) is 6.07 Å². The van der Waals surface area contributed by atoms with Gasteiger partial charge in [0.15, 0.2) is 11.6 Å². The van der Waals surface area contributed by atoms with Gasteiger partial charge >= 0.3 is 0 Å². The number of halogens is 2. The summed E-state index contributed by atoms with van der Waals surface area (Å²) < 4.78 is 40.9. The number of benzene rings is 2. The van der Waals surface area contributed by atoms with E-state index >= 15 is 0 Å². The maximum atomic E-state index is 13.9. The van der Waals surface area contributed by atoms with E-state index in [1.54, 1.807) is 6.20 Å². The van der Waals surface area contributed by atoms with E-state index in [9.17, 15) is 18.7 Å². The van der Waals surface area contributed by atoms with E-state index in [-0.39, 0.29) is 31.0 Å². The van der Waals surface area contributed by atoms with Crippen molar-refractivity contribution in [3.63, 3.8) is 0 Å². The highest BCUT2D eigenvalue weighted by Crippen LogP contribution is 2.36. The number of ether oxygens (including phenoxy) is 2. The topological polar surface area (TPSA) is 127 Å². The Bertz CT molecular complexity index is 1570. The van der Waals surface area contributed by atoms with Gasteiger partial charge in [-0.15, -0.1) is 0 Å². The Labute approximate surface area is 247 Å². The average molecular weight is 596 g/mol. The van der Waals surface area contributed by atoms with E-state index in [0.717, 1.165) is 38.4 Å². The molecular weight excluding hydrogens is 560 g/mol. The lowest BCUT2D eigenvalue weighted by Gasteiger charge is -2.22. The number of nitrogens with one attached hydrogen (secondary N) is 2. The summed E-state index contributed by atoms with van der Waals surface area (Å²) in [5.74, 6) is -1.09. The van der Waals surface area contributed by atoms with Crippen LogP contribution in [0.3, 0.4) is 0 Å². The maximum absolute atomic E-state index is 13.9. The van der Waals surface area contributed by atoms with Crippen LogP contribution < -0.4 is 20.1 Å². The molecule has 0 radical (unpaired) electrons. The summed E-state index contributed by atoms with van der Waals surface area (Å²) in [6, 6.07) is 7.46. The van der Waals surface area contributed by atoms with Crippen molar-refractivity contribution in [2.75, 3.05) is 36.9 Å². The van der Waals surface area contributed by atoms with Gasteiger partial charge in [0.25, 0.3) is 0 Å². The molecule has 0 bridgehead atoms. The van der Waals surface area contributed by atoms with Gasteiger partial charge in [0.05, 0.1) is 47.8 Å². The first-order chi connectivity index (χ1) is 20.8. The van der Waals surface area contributed by atoms with Crippen molar-refractivity contribution in [3.8, 4) is 11.5 Å². The molecule has 2 aromatic carbocycles. The quantitative estimate of drug-likeness (QED) is 0.192. The third kappa shape index (κ3) is 7.54. The molecule has 228 valence electrons. The van der Waals surface area contributed by atoms with E-state index in [4.69, 9.17) is 9.47 Å². The van der Waals surface area contributed by atoms with Gasteiger partial charge < -0.3 is 25.2 Å². The Balaban J connectivity index is 1.27. The third-order valence-corrected chi connectivity index (χ3v) is 7.03. The van der Waals surface area contributed by atoms with Crippen molar-refractivity contribution < 1.29 is 28.2 Å². The van der Waals surface area contributed by atoms with Crippen molar-refractivity contribution in [1.29, 1.82) is 0 Å². The number of aliphatic hydroxyl groups excluding tert-OH is 1. The normalized spacial score (nSPS) is 15.3. The predicted molar refractivity (Wildman–Crippen MR) is 158 cm³/mol. The van der Waals surface area contributed by atoms with Gasteiger partial charge in [-0.2, -0.15) is 5.10 Å². The fraction of sp³-hybridized carbons (Fsp3) is 0.400. The molecule has 11 nitrogen and oxygen atoms in total. The van der Waals surface area contributed by atoms with Crippen LogP contribution in [0.15, 0.2) is 49.1 Å². The van der Waals surface area contributed by atoms with Gasteiger partial charge in [-0.3, -0.25) is 14.4 Å². The molecule has 3 heterocycles. The predicted octanol–water partition coefficient (Wildman–Crippen LogP) is 4.50. The molecule has 0 spiro atoms. The first-order valence-electron chi connectivity index (χ1n) is 14.3. The molecular formula is C30H35F2N7O4. The zero-order chi connectivity index (χ0) is 30.3. The Kier molecular flexibility index (Phi) is 9.62. The summed E-state index contributed by atoms with van der Waals surface area (Å²) in [6.07, 6.45) is 7.38. The van der Waals surface area contributed by atoms with Crippen LogP contribution in [0.2, 0.25) is 0 Å². The molecule has 4 aromatic rings. The number of anilines is 3. The van der Waals surface area contributed by atoms with Crippen LogP contribution in [0.5, 0.6) is 11.5 Å². The average Bonchev–Trinajstić information content (AvgIpc) is 3.62. The molecule has 1 saturated heterocycles. The second-order valence-electron chi connectivity index (χ2n) is 10.6. The molecule has 1 aliphatic rings. The molecule has 1 amide bonds. The third-order valence-electron chi connectivity index (χ3n) is 7.03. The van der Waals surface area contributed by atoms with E-state index in [1.807, 2.05) is 26.0 Å². The van der Waals surface area contributed by atoms with Gasteiger partial charge in [0, 0.05) is 30.9 Å². The first kappa shape index (κ1) is 30.1. The second kappa shape index (κ2) is 13.7. The van der Waals surface area contributed by atoms with E-state index in [2.05, 4.69) is 30.6 Å². The summed E-state index contributed by atoms with van der Waals surface area (Å²) in [7, 11) is 0. The zero-order valence-electron chi connectivity index (χ0n) is 24.1. The van der Waals surface area contributed by atoms with Crippen LogP contribution in [0.25, 0.3) is 10.9 Å². The molecule has 1 atom stereocenters. The number of fused-ring (bicyclic) bond motifs is 1. The van der Waals surface area contributed by atoms with Crippen molar-refractivity contribution >= 4 is 34.0 Å². The standard InChI is InChI=1S/C30H35F2N7O4/c1-19(2)43-26-13-22(42-11-5-10-38-9-4-6-21(38)17-40)12-25-28(26)30(34-18-33-25)36-20-14-35-39(15-20)16-27(41)37-24-8-3-7-23(31)29(24)32/h3,7-8,12-15,18-19,21,40H,4-6,9-11,16-17H2,1-2H3,(H,37,41)(H,33,34,36)/t21-/m0/s1. The number of likely N-dealkylation sites (tertiary alicyclic amines) is 1. The van der Waals surface area contributed by atoms with Gasteiger partial charge in [-0.25, -0.2) is 18.7 Å². The van der Waals surface area contributed by atoms with Crippen molar-refractivity contribution in [2.45, 2.75) is 51.8 Å². The molecule has 0 saturated carbocycles. The van der Waals surface area contributed by atoms with Gasteiger partial charge in [-0.05, 0) is 51.8 Å². The smallest absolute Gasteiger partial charge is 0.246 e. The Morgan fingerprint density at radius 2 is 2.09 bits per heavy atom. The number of rotatable bonds is 13. The molecule has 5 rings (SSSR count). The Morgan fingerprint density at radius 1 is 1.23 bits per heavy atom. The summed E-state index contributed by atoms with van der Waals surface area (Å²) in [4.78, 5) is 23.6. The van der Waals surface area contributed by atoms with Crippen LogP contribution >= 0.6 is 0 Å². The minimum atomic E-state index is -1.12. The summed E-state index contributed by atoms with van der Waals surface area (Å²) in [5, 5.41) is 20.0. The summed E-state index contributed by atoms with van der Waals surface area (Å²) in [5.41, 5.74) is 0.920. The summed E-state index contributed by atoms with van der Waals surface area (Å²) >= 11 is 0. The van der Waals surface area contributed by atoms with Crippen LogP contribution in [0, 0.1) is 11.6 Å². The second-order valence-corrected chi connectivity index (χ2v) is 10.6. The van der Waals surface area contributed by atoms with Crippen LogP contribution in [-0.2, 0) is 11.3 Å². The lowest BCUT2D eigenvalue weighted by Crippen LogP contribution is -2.33. The van der Waals surface area contributed by atoms with E-state index < -0.39 is 17.5 Å². The Morgan fingerprint density at radius 3 is 2.91 bits per heavy atom. The molecule has 2 aromatic heterocycles. The number of hydrogen-bond acceptors (Lipinski definition) is 9. The molecule has 0 aliphatic carbocycles. The monoisotopic (exact) mass is 595 g/mol. The molecule has 1 fully saturated rings.